The zero-order valence-corrected chi connectivity index (χ0v) is 24.0. The first kappa shape index (κ1) is 28.3. The Balaban J connectivity index is 1.43. The molecule has 0 saturated carbocycles. The van der Waals surface area contributed by atoms with Crippen molar-refractivity contribution in [2.45, 2.75) is 17.7 Å². The fourth-order valence-corrected chi connectivity index (χ4v) is 5.80. The van der Waals surface area contributed by atoms with E-state index in [1.54, 1.807) is 30.2 Å². The molecule has 39 heavy (non-hydrogen) atoms. The fourth-order valence-electron chi connectivity index (χ4n) is 4.02. The monoisotopic (exact) mass is 666 g/mol. The van der Waals surface area contributed by atoms with E-state index in [0.29, 0.717) is 43.3 Å². The summed E-state index contributed by atoms with van der Waals surface area (Å²) in [5, 5.41) is 6.05. The molecule has 0 atom stereocenters. The van der Waals surface area contributed by atoms with Crippen LogP contribution in [0.15, 0.2) is 53.7 Å². The molecule has 206 valence electrons. The molecule has 1 aliphatic rings. The quantitative estimate of drug-likeness (QED) is 0.214. The number of ether oxygens (including phenoxy) is 1. The van der Waals surface area contributed by atoms with Crippen LogP contribution >= 0.6 is 21.2 Å². The molecule has 1 aliphatic heterocycles. The first-order chi connectivity index (χ1) is 18.6. The number of methoxy groups -OCH3 is 1. The molecule has 3 aromatic rings. The fraction of sp³-hybridized carbons (Fsp3) is 0.292. The van der Waals surface area contributed by atoms with E-state index >= 15 is 0 Å². The van der Waals surface area contributed by atoms with Crippen LogP contribution in [0.25, 0.3) is 0 Å². The Morgan fingerprint density at radius 1 is 1.00 bits per heavy atom. The summed E-state index contributed by atoms with van der Waals surface area (Å²) in [7, 11) is -1.93. The van der Waals surface area contributed by atoms with Crippen LogP contribution in [0, 0.1) is 0 Å². The highest BCUT2D eigenvalue weighted by molar-refractivity contribution is 14.2. The van der Waals surface area contributed by atoms with Gasteiger partial charge >= 0.3 is 0 Å². The van der Waals surface area contributed by atoms with Gasteiger partial charge in [0.15, 0.2) is 0 Å². The van der Waals surface area contributed by atoms with Crippen molar-refractivity contribution in [2.75, 3.05) is 48.8 Å². The number of hydrogen-bond acceptors (Lipinski definition) is 11. The summed E-state index contributed by atoms with van der Waals surface area (Å²) < 4.78 is 29.8. The summed E-state index contributed by atoms with van der Waals surface area (Å²) in [6.07, 6.45) is 1.49. The molecule has 0 bridgehead atoms. The maximum absolute atomic E-state index is 12.3. The van der Waals surface area contributed by atoms with Crippen LogP contribution in [0.3, 0.4) is 0 Å². The third-order valence-electron chi connectivity index (χ3n) is 5.98. The van der Waals surface area contributed by atoms with Gasteiger partial charge in [-0.2, -0.15) is 4.98 Å². The predicted octanol–water partition coefficient (Wildman–Crippen LogP) is 2.41. The van der Waals surface area contributed by atoms with Crippen molar-refractivity contribution in [1.82, 2.24) is 19.9 Å². The number of nitrogens with one attached hydrogen (secondary N) is 2. The van der Waals surface area contributed by atoms with Gasteiger partial charge in [-0.3, -0.25) is 9.59 Å². The summed E-state index contributed by atoms with van der Waals surface area (Å²) in [6.45, 7) is 2.36. The average molecular weight is 667 g/mol. The first-order valence-corrected chi connectivity index (χ1v) is 15.9. The second kappa shape index (κ2) is 12.4. The van der Waals surface area contributed by atoms with E-state index in [-0.39, 0.29) is 35.5 Å². The van der Waals surface area contributed by atoms with E-state index in [9.17, 15) is 18.0 Å². The molecule has 13 nitrogen and oxygen atoms in total. The molecule has 1 saturated heterocycles. The van der Waals surface area contributed by atoms with Crippen LogP contribution < -0.4 is 26.0 Å². The SMILES string of the molecule is COc1cc(N2CCN(C(=O)CCC(N)=O)CC2)ccc1Nc1ncnc(Nc2ccccc2S(=O)(=O)I)n1. The minimum absolute atomic E-state index is 0.0527. The van der Waals surface area contributed by atoms with Crippen LogP contribution in [0.2, 0.25) is 0 Å². The van der Waals surface area contributed by atoms with Crippen LogP contribution in [0.4, 0.5) is 29.0 Å². The van der Waals surface area contributed by atoms with Gasteiger partial charge in [0, 0.05) is 50.8 Å². The standard InChI is InChI=1S/C24H27IN8O5S/c1-38-19-14-16(32-10-12-33(13-11-32)22(35)9-8-21(26)34)6-7-17(19)29-23-27-15-28-24(31-23)30-18-4-2-3-5-20(18)39(25,36)37/h2-7,14-15H,8-13H2,1H3,(H2,26,34)(H2,27,28,29,30,31). The number of carbonyl (C=O) groups excluding carboxylic acids is 2. The number of benzene rings is 2. The van der Waals surface area contributed by atoms with Gasteiger partial charge in [0.25, 0.3) is 0 Å². The normalized spacial score (nSPS) is 13.6. The number of primary amides is 1. The van der Waals surface area contributed by atoms with E-state index in [2.05, 4.69) is 30.5 Å². The second-order valence-corrected chi connectivity index (χ2v) is 13.3. The van der Waals surface area contributed by atoms with Gasteiger partial charge in [0.2, 0.25) is 30.7 Å². The van der Waals surface area contributed by atoms with Gasteiger partial charge in [-0.25, -0.2) is 18.4 Å². The Labute approximate surface area is 237 Å². The topological polar surface area (TPSA) is 173 Å². The second-order valence-electron chi connectivity index (χ2n) is 8.54. The minimum Gasteiger partial charge on any atom is -0.494 e. The van der Waals surface area contributed by atoms with Crippen molar-refractivity contribution < 1.29 is 22.7 Å². The van der Waals surface area contributed by atoms with Gasteiger partial charge in [0.1, 0.15) is 17.0 Å². The summed E-state index contributed by atoms with van der Waals surface area (Å²) in [5.74, 6) is 0.402. The van der Waals surface area contributed by atoms with Crippen molar-refractivity contribution in [1.29, 1.82) is 0 Å². The first-order valence-electron chi connectivity index (χ1n) is 11.9. The zero-order chi connectivity index (χ0) is 28.0. The van der Waals surface area contributed by atoms with E-state index in [0.717, 1.165) is 5.69 Å². The minimum atomic E-state index is -3.48. The highest BCUT2D eigenvalue weighted by Crippen LogP contribution is 2.32. The molecule has 0 spiro atoms. The number of piperazine rings is 1. The number of rotatable bonds is 10. The van der Waals surface area contributed by atoms with Crippen LogP contribution in [-0.4, -0.2) is 73.4 Å². The number of hydrogen-bond donors (Lipinski definition) is 3. The van der Waals surface area contributed by atoms with Gasteiger partial charge in [-0.1, -0.05) is 12.1 Å². The molecule has 2 aromatic carbocycles. The largest absolute Gasteiger partial charge is 0.494 e. The molecule has 1 aromatic heterocycles. The third-order valence-corrected chi connectivity index (χ3v) is 8.29. The van der Waals surface area contributed by atoms with Crippen molar-refractivity contribution in [3.8, 4) is 5.75 Å². The average Bonchev–Trinajstić information content (AvgIpc) is 2.92. The molecule has 15 heteroatoms. The number of halogens is 1. The molecule has 4 rings (SSSR count). The molecular formula is C24H27IN8O5S. The number of nitrogens with two attached hydrogens (primary N) is 1. The Hall–Kier alpha value is -3.73. The Kier molecular flexibility index (Phi) is 9.01. The maximum Gasteiger partial charge on any atom is 0.233 e. The van der Waals surface area contributed by atoms with Crippen molar-refractivity contribution >= 4 is 69.0 Å². The lowest BCUT2D eigenvalue weighted by molar-refractivity contribution is -0.133. The molecule has 2 amide bonds. The van der Waals surface area contributed by atoms with E-state index in [4.69, 9.17) is 10.5 Å². The molecule has 0 unspecified atom stereocenters. The van der Waals surface area contributed by atoms with Gasteiger partial charge in [-0.05, 0) is 24.3 Å². The Morgan fingerprint density at radius 3 is 2.31 bits per heavy atom. The van der Waals surface area contributed by atoms with Crippen molar-refractivity contribution in [2.24, 2.45) is 5.73 Å². The molecule has 4 N–H and O–H groups in total. The zero-order valence-electron chi connectivity index (χ0n) is 21.0. The Morgan fingerprint density at radius 2 is 1.67 bits per heavy atom. The maximum atomic E-state index is 12.3. The van der Waals surface area contributed by atoms with Crippen LogP contribution in [-0.2, 0) is 16.6 Å². The molecule has 0 aliphatic carbocycles. The lowest BCUT2D eigenvalue weighted by Gasteiger charge is -2.36. The molecule has 1 fully saturated rings. The van der Waals surface area contributed by atoms with Gasteiger partial charge in [-0.15, -0.1) is 0 Å². The lowest BCUT2D eigenvalue weighted by Crippen LogP contribution is -2.48. The molecule has 2 heterocycles. The van der Waals surface area contributed by atoms with E-state index in [1.807, 2.05) is 18.2 Å². The predicted molar refractivity (Wildman–Crippen MR) is 154 cm³/mol. The van der Waals surface area contributed by atoms with E-state index < -0.39 is 12.9 Å². The third kappa shape index (κ3) is 7.44. The number of carbonyl (C=O) groups is 2. The number of aromatic nitrogens is 3. The molecule has 0 radical (unpaired) electrons. The van der Waals surface area contributed by atoms with Gasteiger partial charge in [0.05, 0.1) is 39.7 Å². The highest BCUT2D eigenvalue weighted by atomic mass is 127. The van der Waals surface area contributed by atoms with Crippen molar-refractivity contribution in [3.05, 3.63) is 48.8 Å². The Bertz CT molecular complexity index is 1460. The summed E-state index contributed by atoms with van der Waals surface area (Å²) in [6, 6.07) is 12.1. The number of nitrogens with zero attached hydrogens (tertiary/aromatic N) is 5. The number of anilines is 5. The van der Waals surface area contributed by atoms with Gasteiger partial charge < -0.3 is 30.9 Å². The van der Waals surface area contributed by atoms with Crippen LogP contribution in [0.1, 0.15) is 12.8 Å². The van der Waals surface area contributed by atoms with Crippen LogP contribution in [0.5, 0.6) is 5.75 Å². The summed E-state index contributed by atoms with van der Waals surface area (Å²) in [4.78, 5) is 39.8. The number of amides is 2. The molecular weight excluding hydrogens is 639 g/mol. The lowest BCUT2D eigenvalue weighted by atomic mass is 10.2. The highest BCUT2D eigenvalue weighted by Gasteiger charge is 2.22. The smallest absolute Gasteiger partial charge is 0.233 e. The van der Waals surface area contributed by atoms with E-state index in [1.165, 1.54) is 33.6 Å². The number of para-hydroxylation sites is 1. The van der Waals surface area contributed by atoms with Crippen molar-refractivity contribution in [3.63, 3.8) is 0 Å². The summed E-state index contributed by atoms with van der Waals surface area (Å²) in [5.41, 5.74) is 7.04. The summed E-state index contributed by atoms with van der Waals surface area (Å²) >= 11 is 1.38.